The Morgan fingerprint density at radius 3 is 1.88 bits per heavy atom. The van der Waals surface area contributed by atoms with Gasteiger partial charge in [-0.3, -0.25) is 4.79 Å². The summed E-state index contributed by atoms with van der Waals surface area (Å²) in [6.07, 6.45) is 1.89. The molecule has 156 valence electrons. The van der Waals surface area contributed by atoms with E-state index in [-0.39, 0.29) is 5.78 Å². The van der Waals surface area contributed by atoms with Crippen molar-refractivity contribution in [3.63, 3.8) is 0 Å². The lowest BCUT2D eigenvalue weighted by Crippen LogP contribution is -2.15. The van der Waals surface area contributed by atoms with E-state index in [0.717, 1.165) is 44.4 Å². The van der Waals surface area contributed by atoms with Gasteiger partial charge in [-0.1, -0.05) is 72.8 Å². The molecule has 0 atom stereocenters. The summed E-state index contributed by atoms with van der Waals surface area (Å²) in [4.78, 5) is 19.3. The maximum atomic E-state index is 13.5. The van der Waals surface area contributed by atoms with Gasteiger partial charge in [-0.15, -0.1) is 12.6 Å². The van der Waals surface area contributed by atoms with Crippen molar-refractivity contribution in [1.29, 1.82) is 0 Å². The summed E-state index contributed by atoms with van der Waals surface area (Å²) in [5, 5.41) is 0. The smallest absolute Gasteiger partial charge is 0.191 e. The van der Waals surface area contributed by atoms with E-state index < -0.39 is 0 Å². The van der Waals surface area contributed by atoms with Gasteiger partial charge in [-0.2, -0.15) is 0 Å². The average molecular weight is 435 g/mol. The first kappa shape index (κ1) is 20.3. The Labute approximate surface area is 193 Å². The van der Waals surface area contributed by atoms with Crippen molar-refractivity contribution in [2.45, 2.75) is 11.8 Å². The molecule has 0 saturated carbocycles. The maximum absolute atomic E-state index is 13.5. The van der Waals surface area contributed by atoms with Crippen LogP contribution in [0.4, 0.5) is 5.69 Å². The van der Waals surface area contributed by atoms with Gasteiger partial charge < -0.3 is 4.57 Å². The highest BCUT2D eigenvalue weighted by atomic mass is 32.1. The zero-order valence-electron chi connectivity index (χ0n) is 17.9. The van der Waals surface area contributed by atoms with Gasteiger partial charge in [-0.25, -0.2) is 4.99 Å². The second-order valence-electron chi connectivity index (χ2n) is 7.88. The highest BCUT2D eigenvalue weighted by molar-refractivity contribution is 7.80. The third kappa shape index (κ3) is 3.33. The van der Waals surface area contributed by atoms with Gasteiger partial charge in [0.05, 0.1) is 28.4 Å². The first-order chi connectivity index (χ1) is 15.6. The molecule has 5 rings (SSSR count). The van der Waals surface area contributed by atoms with Crippen LogP contribution in [0.2, 0.25) is 0 Å². The molecule has 0 bridgehead atoms. The number of carbonyl (C=O) groups is 1. The van der Waals surface area contributed by atoms with Crippen LogP contribution in [-0.2, 0) is 7.05 Å². The number of rotatable bonds is 3. The molecule has 0 fully saturated rings. The van der Waals surface area contributed by atoms with E-state index in [1.54, 1.807) is 0 Å². The lowest BCUT2D eigenvalue weighted by atomic mass is 9.87. The SMILES string of the molecule is CC1=CC(=Nc2ccccc2S)c2c(c(-c3ccccc3)n(C)c2-c2ccccc2)C1=O. The summed E-state index contributed by atoms with van der Waals surface area (Å²) in [5.74, 6) is 0.0368. The Morgan fingerprint density at radius 1 is 0.750 bits per heavy atom. The predicted octanol–water partition coefficient (Wildman–Crippen LogP) is 6.91. The minimum absolute atomic E-state index is 0.0368. The highest BCUT2D eigenvalue weighted by Gasteiger charge is 2.33. The summed E-state index contributed by atoms with van der Waals surface area (Å²) in [6.45, 7) is 1.86. The fourth-order valence-electron chi connectivity index (χ4n) is 4.34. The molecule has 0 radical (unpaired) electrons. The fourth-order valence-corrected chi connectivity index (χ4v) is 4.55. The number of benzene rings is 3. The first-order valence-electron chi connectivity index (χ1n) is 10.5. The summed E-state index contributed by atoms with van der Waals surface area (Å²) in [7, 11) is 2.02. The van der Waals surface area contributed by atoms with Crippen molar-refractivity contribution in [1.82, 2.24) is 4.57 Å². The molecular formula is C28H22N2OS. The quantitative estimate of drug-likeness (QED) is 0.349. The third-order valence-corrected chi connectivity index (χ3v) is 6.18. The number of fused-ring (bicyclic) bond motifs is 1. The zero-order chi connectivity index (χ0) is 22.2. The number of para-hydroxylation sites is 1. The van der Waals surface area contributed by atoms with E-state index in [4.69, 9.17) is 4.99 Å². The highest BCUT2D eigenvalue weighted by Crippen LogP contribution is 2.41. The van der Waals surface area contributed by atoms with Crippen LogP contribution < -0.4 is 0 Å². The summed E-state index contributed by atoms with van der Waals surface area (Å²) in [5.41, 5.74) is 7.73. The molecule has 1 aromatic heterocycles. The van der Waals surface area contributed by atoms with Gasteiger partial charge in [0.25, 0.3) is 0 Å². The average Bonchev–Trinajstić information content (AvgIpc) is 3.13. The molecular weight excluding hydrogens is 412 g/mol. The number of hydrogen-bond acceptors (Lipinski definition) is 3. The third-order valence-electron chi connectivity index (χ3n) is 5.81. The van der Waals surface area contributed by atoms with E-state index in [9.17, 15) is 4.79 Å². The molecule has 1 aliphatic carbocycles. The van der Waals surface area contributed by atoms with Crippen molar-refractivity contribution in [2.75, 3.05) is 0 Å². The standard InChI is InChI=1S/C28H22N2OS/c1-18-17-22(29-21-15-9-10-16-23(21)32)24-25(28(18)31)27(20-13-7-4-8-14-20)30(2)26(24)19-11-5-3-6-12-19/h3-17,32H,1-2H3. The monoisotopic (exact) mass is 434 g/mol. The second-order valence-corrected chi connectivity index (χ2v) is 8.36. The molecule has 0 aliphatic heterocycles. The topological polar surface area (TPSA) is 34.4 Å². The molecule has 0 saturated heterocycles. The van der Waals surface area contributed by atoms with E-state index in [0.29, 0.717) is 11.1 Å². The number of hydrogen-bond donors (Lipinski definition) is 1. The molecule has 0 amide bonds. The van der Waals surface area contributed by atoms with Crippen LogP contribution in [0.1, 0.15) is 22.8 Å². The number of carbonyl (C=O) groups excluding carboxylic acids is 1. The summed E-state index contributed by atoms with van der Waals surface area (Å²) >= 11 is 4.59. The number of ketones is 1. The van der Waals surface area contributed by atoms with Crippen LogP contribution >= 0.6 is 12.6 Å². The van der Waals surface area contributed by atoms with E-state index >= 15 is 0 Å². The fraction of sp³-hybridized carbons (Fsp3) is 0.0714. The van der Waals surface area contributed by atoms with Gasteiger partial charge in [0.2, 0.25) is 0 Å². The number of allylic oxidation sites excluding steroid dienone is 2. The second kappa shape index (κ2) is 8.13. The number of nitrogens with zero attached hydrogens (tertiary/aromatic N) is 2. The van der Waals surface area contributed by atoms with E-state index in [2.05, 4.69) is 29.3 Å². The summed E-state index contributed by atoms with van der Waals surface area (Å²) < 4.78 is 2.13. The van der Waals surface area contributed by atoms with Crippen molar-refractivity contribution < 1.29 is 4.79 Å². The molecule has 0 spiro atoms. The normalized spacial score (nSPS) is 14.4. The molecule has 1 heterocycles. The van der Waals surface area contributed by atoms with Gasteiger partial charge in [0.1, 0.15) is 0 Å². The van der Waals surface area contributed by atoms with Crippen LogP contribution in [0.15, 0.2) is 106 Å². The largest absolute Gasteiger partial charge is 0.342 e. The molecule has 32 heavy (non-hydrogen) atoms. The number of thiol groups is 1. The van der Waals surface area contributed by atoms with Gasteiger partial charge in [0.15, 0.2) is 5.78 Å². The summed E-state index contributed by atoms with van der Waals surface area (Å²) in [6, 6.07) is 28.0. The lowest BCUT2D eigenvalue weighted by Gasteiger charge is -2.15. The van der Waals surface area contributed by atoms with Crippen molar-refractivity contribution in [3.8, 4) is 22.5 Å². The Morgan fingerprint density at radius 2 is 1.28 bits per heavy atom. The number of aliphatic imine (C=N–C) groups is 1. The van der Waals surface area contributed by atoms with E-state index in [1.807, 2.05) is 92.8 Å². The number of Topliss-reactive ketones (excluding diaryl/α,β-unsaturated/α-hetero) is 1. The Hall–Kier alpha value is -3.63. The molecule has 4 heteroatoms. The minimum atomic E-state index is 0.0368. The zero-order valence-corrected chi connectivity index (χ0v) is 18.8. The molecule has 1 aliphatic rings. The van der Waals surface area contributed by atoms with Crippen LogP contribution in [0, 0.1) is 0 Å². The van der Waals surface area contributed by atoms with Crippen LogP contribution in [0.5, 0.6) is 0 Å². The molecule has 0 unspecified atom stereocenters. The Bertz CT molecular complexity index is 1400. The lowest BCUT2D eigenvalue weighted by molar-refractivity contribution is 0.103. The van der Waals surface area contributed by atoms with Gasteiger partial charge in [0, 0.05) is 17.5 Å². The van der Waals surface area contributed by atoms with Crippen molar-refractivity contribution >= 4 is 29.8 Å². The molecule has 3 nitrogen and oxygen atoms in total. The Kier molecular flexibility index (Phi) is 5.16. The van der Waals surface area contributed by atoms with Gasteiger partial charge in [-0.05, 0) is 41.8 Å². The van der Waals surface area contributed by atoms with Crippen LogP contribution in [0.25, 0.3) is 22.5 Å². The molecule has 0 N–H and O–H groups in total. The molecule has 4 aromatic rings. The van der Waals surface area contributed by atoms with Crippen molar-refractivity contribution in [3.05, 3.63) is 108 Å². The van der Waals surface area contributed by atoms with Crippen molar-refractivity contribution in [2.24, 2.45) is 12.0 Å². The maximum Gasteiger partial charge on any atom is 0.191 e. The molecule has 3 aromatic carbocycles. The predicted molar refractivity (Wildman–Crippen MR) is 134 cm³/mol. The van der Waals surface area contributed by atoms with Gasteiger partial charge >= 0.3 is 0 Å². The number of aromatic nitrogens is 1. The van der Waals surface area contributed by atoms with Crippen LogP contribution in [0.3, 0.4) is 0 Å². The Balaban J connectivity index is 1.89. The minimum Gasteiger partial charge on any atom is -0.342 e. The van der Waals surface area contributed by atoms with E-state index in [1.165, 1.54) is 0 Å². The van der Waals surface area contributed by atoms with Crippen LogP contribution in [-0.4, -0.2) is 16.1 Å². The first-order valence-corrected chi connectivity index (χ1v) is 10.9.